The number of amides is 1. The van der Waals surface area contributed by atoms with Crippen molar-refractivity contribution >= 4 is 16.0 Å². The molecule has 0 aromatic carbocycles. The van der Waals surface area contributed by atoms with Gasteiger partial charge in [0.2, 0.25) is 5.91 Å². The van der Waals surface area contributed by atoms with Gasteiger partial charge in [-0.3, -0.25) is 9.35 Å². The fourth-order valence-electron chi connectivity index (χ4n) is 1.28. The van der Waals surface area contributed by atoms with Crippen LogP contribution in [-0.2, 0) is 14.9 Å². The zero-order valence-corrected chi connectivity index (χ0v) is 9.14. The summed E-state index contributed by atoms with van der Waals surface area (Å²) in [6, 6.07) is 0. The molecule has 0 radical (unpaired) electrons. The minimum absolute atomic E-state index is 0.125. The minimum atomic E-state index is -4.23. The number of hydrogen-bond donors (Lipinski definition) is 1. The molecule has 0 fully saturated rings. The van der Waals surface area contributed by atoms with Gasteiger partial charge in [-0.15, -0.1) is 0 Å². The Morgan fingerprint density at radius 3 is 2.40 bits per heavy atom. The van der Waals surface area contributed by atoms with Gasteiger partial charge >= 0.3 is 0 Å². The van der Waals surface area contributed by atoms with Crippen LogP contribution in [0.5, 0.6) is 0 Å². The zero-order valence-electron chi connectivity index (χ0n) is 8.33. The number of rotatable bonds is 4. The monoisotopic (exact) mass is 231 g/mol. The van der Waals surface area contributed by atoms with Crippen LogP contribution >= 0.6 is 0 Å². The van der Waals surface area contributed by atoms with Crippen molar-refractivity contribution in [3.8, 4) is 0 Å². The van der Waals surface area contributed by atoms with Crippen molar-refractivity contribution in [2.24, 2.45) is 5.92 Å². The molecule has 1 rings (SSSR count). The van der Waals surface area contributed by atoms with Crippen molar-refractivity contribution in [1.82, 2.24) is 4.90 Å². The summed E-state index contributed by atoms with van der Waals surface area (Å²) in [6.45, 7) is 0.418. The standard InChI is InChI=1S/C9H13NO4S/c1-10(6-8-4-2-3-5-8)9(11)7-15(12,13)14/h2-5,8H,6-7H2,1H3,(H,12,13,14). The second-order valence-corrected chi connectivity index (χ2v) is 4.89. The molecule has 1 aliphatic carbocycles. The molecular weight excluding hydrogens is 218 g/mol. The van der Waals surface area contributed by atoms with Crippen LogP contribution in [0.1, 0.15) is 0 Å². The normalized spacial score (nSPS) is 15.9. The van der Waals surface area contributed by atoms with E-state index < -0.39 is 21.8 Å². The lowest BCUT2D eigenvalue weighted by atomic mass is 10.1. The molecule has 0 bridgehead atoms. The highest BCUT2D eigenvalue weighted by molar-refractivity contribution is 7.86. The molecule has 5 nitrogen and oxygen atoms in total. The lowest BCUT2D eigenvalue weighted by Crippen LogP contribution is -2.35. The number of carbonyl (C=O) groups is 1. The first-order valence-electron chi connectivity index (χ1n) is 4.42. The summed E-state index contributed by atoms with van der Waals surface area (Å²) in [4.78, 5) is 12.6. The molecule has 0 saturated heterocycles. The molecule has 6 heteroatoms. The average Bonchev–Trinajstić information content (AvgIpc) is 2.53. The van der Waals surface area contributed by atoms with Crippen molar-refractivity contribution < 1.29 is 17.8 Å². The van der Waals surface area contributed by atoms with E-state index in [0.717, 1.165) is 0 Å². The van der Waals surface area contributed by atoms with Gasteiger partial charge in [-0.05, 0) is 0 Å². The highest BCUT2D eigenvalue weighted by atomic mass is 32.2. The molecule has 0 aromatic rings. The van der Waals surface area contributed by atoms with Crippen LogP contribution in [0.25, 0.3) is 0 Å². The summed E-state index contributed by atoms with van der Waals surface area (Å²) in [6.07, 6.45) is 7.56. The number of carbonyl (C=O) groups excluding carboxylic acids is 1. The maximum absolute atomic E-state index is 11.3. The number of hydrogen-bond acceptors (Lipinski definition) is 3. The van der Waals surface area contributed by atoms with Gasteiger partial charge < -0.3 is 4.90 Å². The molecule has 0 unspecified atom stereocenters. The summed E-state index contributed by atoms with van der Waals surface area (Å²) >= 11 is 0. The molecule has 0 aliphatic heterocycles. The van der Waals surface area contributed by atoms with Crippen molar-refractivity contribution in [3.05, 3.63) is 24.3 Å². The quantitative estimate of drug-likeness (QED) is 0.695. The third-order valence-corrected chi connectivity index (χ3v) is 2.66. The molecule has 1 N–H and O–H groups in total. The summed E-state index contributed by atoms with van der Waals surface area (Å²) in [5, 5.41) is 0. The Morgan fingerprint density at radius 2 is 1.93 bits per heavy atom. The van der Waals surface area contributed by atoms with Crippen LogP contribution in [0.4, 0.5) is 0 Å². The van der Waals surface area contributed by atoms with Gasteiger partial charge in [-0.2, -0.15) is 8.42 Å². The Labute approximate surface area is 88.8 Å². The maximum atomic E-state index is 11.3. The topological polar surface area (TPSA) is 74.7 Å². The van der Waals surface area contributed by atoms with E-state index in [-0.39, 0.29) is 5.92 Å². The molecule has 1 aliphatic rings. The Balaban J connectivity index is 2.46. The van der Waals surface area contributed by atoms with Crippen LogP contribution in [0.15, 0.2) is 24.3 Å². The highest BCUT2D eigenvalue weighted by Crippen LogP contribution is 2.10. The van der Waals surface area contributed by atoms with Gasteiger partial charge in [-0.25, -0.2) is 0 Å². The van der Waals surface area contributed by atoms with Gasteiger partial charge in [-0.1, -0.05) is 24.3 Å². The van der Waals surface area contributed by atoms with Crippen LogP contribution in [0.3, 0.4) is 0 Å². The Morgan fingerprint density at radius 1 is 1.40 bits per heavy atom. The fraction of sp³-hybridized carbons (Fsp3) is 0.444. The van der Waals surface area contributed by atoms with Crippen molar-refractivity contribution in [2.75, 3.05) is 19.3 Å². The number of nitrogens with zero attached hydrogens (tertiary/aromatic N) is 1. The maximum Gasteiger partial charge on any atom is 0.274 e. The van der Waals surface area contributed by atoms with Gasteiger partial charge in [0.05, 0.1) is 0 Å². The second-order valence-electron chi connectivity index (χ2n) is 3.43. The molecule has 0 heterocycles. The van der Waals surface area contributed by atoms with Crippen molar-refractivity contribution in [2.45, 2.75) is 0 Å². The van der Waals surface area contributed by atoms with Crippen LogP contribution in [0.2, 0.25) is 0 Å². The summed E-state index contributed by atoms with van der Waals surface area (Å²) in [7, 11) is -2.72. The van der Waals surface area contributed by atoms with E-state index in [2.05, 4.69) is 0 Å². The van der Waals surface area contributed by atoms with E-state index in [1.54, 1.807) is 0 Å². The highest BCUT2D eigenvalue weighted by Gasteiger charge is 2.18. The first kappa shape index (κ1) is 11.9. The lowest BCUT2D eigenvalue weighted by Gasteiger charge is -2.18. The molecule has 0 spiro atoms. The molecule has 15 heavy (non-hydrogen) atoms. The zero-order chi connectivity index (χ0) is 11.5. The van der Waals surface area contributed by atoms with E-state index >= 15 is 0 Å². The summed E-state index contributed by atoms with van der Waals surface area (Å²) in [5.74, 6) is -1.34. The van der Waals surface area contributed by atoms with E-state index in [1.807, 2.05) is 24.3 Å². The summed E-state index contributed by atoms with van der Waals surface area (Å²) < 4.78 is 29.4. The molecular formula is C9H13NO4S. The van der Waals surface area contributed by atoms with Gasteiger partial charge in [0.25, 0.3) is 10.1 Å². The largest absolute Gasteiger partial charge is 0.344 e. The van der Waals surface area contributed by atoms with Crippen molar-refractivity contribution in [1.29, 1.82) is 0 Å². The Hall–Kier alpha value is -1.14. The van der Waals surface area contributed by atoms with Crippen LogP contribution in [-0.4, -0.2) is 43.1 Å². The third-order valence-electron chi connectivity index (χ3n) is 2.04. The Bertz CT molecular complexity index is 384. The van der Waals surface area contributed by atoms with E-state index in [4.69, 9.17) is 4.55 Å². The van der Waals surface area contributed by atoms with Gasteiger partial charge in [0, 0.05) is 19.5 Å². The SMILES string of the molecule is CN(CC1C=CC=C1)C(=O)CS(=O)(=O)O. The lowest BCUT2D eigenvalue weighted by molar-refractivity contribution is -0.127. The smallest absolute Gasteiger partial charge is 0.274 e. The molecule has 1 amide bonds. The van der Waals surface area contributed by atoms with E-state index in [1.165, 1.54) is 11.9 Å². The second kappa shape index (κ2) is 4.59. The molecule has 84 valence electrons. The fourth-order valence-corrected chi connectivity index (χ4v) is 1.82. The van der Waals surface area contributed by atoms with Crippen molar-refractivity contribution in [3.63, 3.8) is 0 Å². The Kier molecular flexibility index (Phi) is 3.65. The first-order chi connectivity index (χ1) is 6.88. The minimum Gasteiger partial charge on any atom is -0.344 e. The van der Waals surface area contributed by atoms with Gasteiger partial charge in [0.15, 0.2) is 5.75 Å². The molecule has 0 atom stereocenters. The first-order valence-corrected chi connectivity index (χ1v) is 6.03. The molecule has 0 saturated carbocycles. The predicted octanol–water partition coefficient (Wildman–Crippen LogP) is 0.0748. The van der Waals surface area contributed by atoms with Gasteiger partial charge in [0.1, 0.15) is 0 Å². The number of allylic oxidation sites excluding steroid dienone is 2. The van der Waals surface area contributed by atoms with Crippen LogP contribution in [0, 0.1) is 5.92 Å². The van der Waals surface area contributed by atoms with E-state index in [0.29, 0.717) is 6.54 Å². The van der Waals surface area contributed by atoms with E-state index in [9.17, 15) is 13.2 Å². The third kappa shape index (κ3) is 4.26. The molecule has 0 aromatic heterocycles. The predicted molar refractivity (Wildman–Crippen MR) is 55.8 cm³/mol. The van der Waals surface area contributed by atoms with Crippen LogP contribution < -0.4 is 0 Å². The summed E-state index contributed by atoms with van der Waals surface area (Å²) in [5.41, 5.74) is 0. The average molecular weight is 231 g/mol.